The minimum absolute atomic E-state index is 0.307. The van der Waals surface area contributed by atoms with E-state index in [0.29, 0.717) is 18.2 Å². The van der Waals surface area contributed by atoms with Crippen LogP contribution in [0.25, 0.3) is 5.69 Å². The maximum atomic E-state index is 13.8. The lowest BCUT2D eigenvalue weighted by atomic mass is 10.2. The molecule has 0 atom stereocenters. The van der Waals surface area contributed by atoms with Crippen molar-refractivity contribution in [2.45, 2.75) is 13.5 Å². The highest BCUT2D eigenvalue weighted by atomic mass is 19.1. The summed E-state index contributed by atoms with van der Waals surface area (Å²) in [5, 5.41) is 4.31. The molecule has 0 radical (unpaired) electrons. The average Bonchev–Trinajstić information content (AvgIpc) is 2.88. The summed E-state index contributed by atoms with van der Waals surface area (Å²) in [6.07, 6.45) is 0. The van der Waals surface area contributed by atoms with Crippen LogP contribution < -0.4 is 4.74 Å². The number of hydrogen-bond acceptors (Lipinski definition) is 2. The van der Waals surface area contributed by atoms with Crippen molar-refractivity contribution in [1.29, 1.82) is 0 Å². The normalized spacial score (nSPS) is 10.6. The first kappa shape index (κ1) is 13.4. The number of hydrogen-bond donors (Lipinski definition) is 0. The first-order valence-corrected chi connectivity index (χ1v) is 6.72. The molecule has 106 valence electrons. The van der Waals surface area contributed by atoms with Gasteiger partial charge in [0.05, 0.1) is 0 Å². The van der Waals surface area contributed by atoms with Crippen molar-refractivity contribution >= 4 is 0 Å². The summed E-state index contributed by atoms with van der Waals surface area (Å²) >= 11 is 0. The lowest BCUT2D eigenvalue weighted by Crippen LogP contribution is -2.02. The van der Waals surface area contributed by atoms with E-state index in [4.69, 9.17) is 4.74 Å². The number of nitrogens with zero attached hydrogens (tertiary/aromatic N) is 2. The fourth-order valence-electron chi connectivity index (χ4n) is 2.12. The predicted molar refractivity (Wildman–Crippen MR) is 79.0 cm³/mol. The highest BCUT2D eigenvalue weighted by molar-refractivity contribution is 5.35. The third-order valence-electron chi connectivity index (χ3n) is 3.18. The second-order valence-electron chi connectivity index (χ2n) is 4.76. The Morgan fingerprint density at radius 3 is 2.52 bits per heavy atom. The first-order valence-electron chi connectivity index (χ1n) is 6.72. The van der Waals surface area contributed by atoms with Crippen LogP contribution in [0.5, 0.6) is 5.88 Å². The molecule has 0 unspecified atom stereocenters. The Hall–Kier alpha value is -2.62. The molecule has 21 heavy (non-hydrogen) atoms. The van der Waals surface area contributed by atoms with E-state index >= 15 is 0 Å². The van der Waals surface area contributed by atoms with Crippen LogP contribution in [0, 0.1) is 12.7 Å². The number of halogens is 1. The van der Waals surface area contributed by atoms with Crippen LogP contribution in [-0.4, -0.2) is 9.78 Å². The van der Waals surface area contributed by atoms with E-state index < -0.39 is 0 Å². The van der Waals surface area contributed by atoms with E-state index in [1.165, 1.54) is 6.07 Å². The quantitative estimate of drug-likeness (QED) is 0.725. The number of aromatic nitrogens is 2. The number of ether oxygens (including phenoxy) is 1. The van der Waals surface area contributed by atoms with Crippen LogP contribution in [0.3, 0.4) is 0 Å². The lowest BCUT2D eigenvalue weighted by molar-refractivity contribution is 0.292. The van der Waals surface area contributed by atoms with Gasteiger partial charge < -0.3 is 4.74 Å². The zero-order valence-corrected chi connectivity index (χ0v) is 11.7. The molecule has 3 nitrogen and oxygen atoms in total. The Kier molecular flexibility index (Phi) is 3.69. The molecule has 1 aromatic heterocycles. The SMILES string of the molecule is Cc1cc(OCc2ccccc2)nn1-c1ccccc1F. The summed E-state index contributed by atoms with van der Waals surface area (Å²) < 4.78 is 21.0. The summed E-state index contributed by atoms with van der Waals surface area (Å²) in [5.41, 5.74) is 2.31. The number of aryl methyl sites for hydroxylation is 1. The summed E-state index contributed by atoms with van der Waals surface area (Å²) in [6, 6.07) is 18.2. The van der Waals surface area contributed by atoms with E-state index in [9.17, 15) is 4.39 Å². The van der Waals surface area contributed by atoms with Gasteiger partial charge in [-0.05, 0) is 24.6 Å². The standard InChI is InChI=1S/C17H15FN2O/c1-13-11-17(21-12-14-7-3-2-4-8-14)19-20(13)16-10-6-5-9-15(16)18/h2-11H,12H2,1H3. The van der Waals surface area contributed by atoms with Crippen molar-refractivity contribution in [3.05, 3.63) is 77.7 Å². The third kappa shape index (κ3) is 2.94. The molecule has 3 rings (SSSR count). The molecule has 0 amide bonds. The monoisotopic (exact) mass is 282 g/mol. The molecule has 0 aliphatic heterocycles. The van der Waals surface area contributed by atoms with Gasteiger partial charge in [0, 0.05) is 11.8 Å². The van der Waals surface area contributed by atoms with Crippen LogP contribution in [-0.2, 0) is 6.61 Å². The molecule has 0 saturated carbocycles. The third-order valence-corrected chi connectivity index (χ3v) is 3.18. The van der Waals surface area contributed by atoms with Crippen molar-refractivity contribution in [2.75, 3.05) is 0 Å². The zero-order chi connectivity index (χ0) is 14.7. The van der Waals surface area contributed by atoms with E-state index in [1.54, 1.807) is 28.9 Å². The van der Waals surface area contributed by atoms with Gasteiger partial charge in [0.1, 0.15) is 18.1 Å². The molecule has 0 aliphatic rings. The Labute approximate surface area is 122 Å². The minimum atomic E-state index is -0.307. The van der Waals surface area contributed by atoms with Gasteiger partial charge >= 0.3 is 0 Å². The summed E-state index contributed by atoms with van der Waals surface area (Å²) in [7, 11) is 0. The molecular weight excluding hydrogens is 267 g/mol. The molecule has 3 aromatic rings. The molecule has 4 heteroatoms. The topological polar surface area (TPSA) is 27.1 Å². The maximum absolute atomic E-state index is 13.8. The predicted octanol–water partition coefficient (Wildman–Crippen LogP) is 3.90. The highest BCUT2D eigenvalue weighted by Crippen LogP contribution is 2.19. The van der Waals surface area contributed by atoms with Crippen LogP contribution in [0.15, 0.2) is 60.7 Å². The number of para-hydroxylation sites is 1. The average molecular weight is 282 g/mol. The molecular formula is C17H15FN2O. The van der Waals surface area contributed by atoms with Gasteiger partial charge in [-0.15, -0.1) is 5.10 Å². The summed E-state index contributed by atoms with van der Waals surface area (Å²) in [5.74, 6) is 0.179. The minimum Gasteiger partial charge on any atom is -0.472 e. The van der Waals surface area contributed by atoms with Crippen molar-refractivity contribution in [3.8, 4) is 11.6 Å². The van der Waals surface area contributed by atoms with Crippen molar-refractivity contribution in [3.63, 3.8) is 0 Å². The summed E-state index contributed by atoms with van der Waals surface area (Å²) in [6.45, 7) is 2.31. The van der Waals surface area contributed by atoms with Crippen LogP contribution in [0.4, 0.5) is 4.39 Å². The van der Waals surface area contributed by atoms with E-state index in [2.05, 4.69) is 5.10 Å². The van der Waals surface area contributed by atoms with Gasteiger partial charge in [-0.2, -0.15) is 0 Å². The Morgan fingerprint density at radius 2 is 1.76 bits per heavy atom. The Balaban J connectivity index is 1.80. The van der Waals surface area contributed by atoms with Crippen molar-refractivity contribution in [2.24, 2.45) is 0 Å². The fraction of sp³-hybridized carbons (Fsp3) is 0.118. The number of benzene rings is 2. The van der Waals surface area contributed by atoms with Crippen molar-refractivity contribution in [1.82, 2.24) is 9.78 Å². The molecule has 0 N–H and O–H groups in total. The molecule has 0 bridgehead atoms. The van der Waals surface area contributed by atoms with Gasteiger partial charge in [-0.3, -0.25) is 0 Å². The molecule has 2 aromatic carbocycles. The van der Waals surface area contributed by atoms with Crippen LogP contribution in [0.1, 0.15) is 11.3 Å². The molecule has 1 heterocycles. The zero-order valence-electron chi connectivity index (χ0n) is 11.7. The van der Waals surface area contributed by atoms with Gasteiger partial charge in [0.25, 0.3) is 0 Å². The first-order chi connectivity index (χ1) is 10.2. The number of rotatable bonds is 4. The molecule has 0 aliphatic carbocycles. The van der Waals surface area contributed by atoms with Gasteiger partial charge in [0.15, 0.2) is 0 Å². The van der Waals surface area contributed by atoms with Crippen LogP contribution in [0.2, 0.25) is 0 Å². The second kappa shape index (κ2) is 5.79. The molecule has 0 spiro atoms. The lowest BCUT2D eigenvalue weighted by Gasteiger charge is -2.05. The highest BCUT2D eigenvalue weighted by Gasteiger charge is 2.10. The van der Waals surface area contributed by atoms with Gasteiger partial charge in [0.2, 0.25) is 5.88 Å². The van der Waals surface area contributed by atoms with E-state index in [1.807, 2.05) is 37.3 Å². The van der Waals surface area contributed by atoms with Gasteiger partial charge in [-0.1, -0.05) is 42.5 Å². The smallest absolute Gasteiger partial charge is 0.233 e. The van der Waals surface area contributed by atoms with E-state index in [0.717, 1.165) is 11.3 Å². The van der Waals surface area contributed by atoms with Crippen LogP contribution >= 0.6 is 0 Å². The Bertz CT molecular complexity index is 738. The largest absolute Gasteiger partial charge is 0.472 e. The fourth-order valence-corrected chi connectivity index (χ4v) is 2.12. The maximum Gasteiger partial charge on any atom is 0.233 e. The van der Waals surface area contributed by atoms with Gasteiger partial charge in [-0.25, -0.2) is 9.07 Å². The second-order valence-corrected chi connectivity index (χ2v) is 4.76. The van der Waals surface area contributed by atoms with Crippen molar-refractivity contribution < 1.29 is 9.13 Å². The molecule has 0 fully saturated rings. The van der Waals surface area contributed by atoms with E-state index in [-0.39, 0.29) is 5.82 Å². The molecule has 0 saturated heterocycles. The Morgan fingerprint density at radius 1 is 1.05 bits per heavy atom. The summed E-state index contributed by atoms with van der Waals surface area (Å²) in [4.78, 5) is 0.